The molecule has 16 heavy (non-hydrogen) atoms. The van der Waals surface area contributed by atoms with Crippen LogP contribution in [-0.2, 0) is 0 Å². The van der Waals surface area contributed by atoms with Crippen LogP contribution >= 0.6 is 0 Å². The maximum Gasteiger partial charge on any atom is 0.00105 e. The normalized spacial score (nSPS) is 30.9. The summed E-state index contributed by atoms with van der Waals surface area (Å²) in [5.41, 5.74) is 5.84. The van der Waals surface area contributed by atoms with E-state index in [1.807, 2.05) is 0 Å². The van der Waals surface area contributed by atoms with Crippen LogP contribution in [0, 0.1) is 29.6 Å². The molecule has 1 aliphatic carbocycles. The number of nitrogens with two attached hydrogens (primary N) is 1. The summed E-state index contributed by atoms with van der Waals surface area (Å²) in [4.78, 5) is 0. The van der Waals surface area contributed by atoms with E-state index in [0.29, 0.717) is 6.04 Å². The maximum absolute atomic E-state index is 5.84. The molecule has 0 amide bonds. The van der Waals surface area contributed by atoms with E-state index in [2.05, 4.69) is 34.6 Å². The number of hydrogen-bond acceptors (Lipinski definition) is 1. The smallest absolute Gasteiger partial charge is 0.00105 e. The summed E-state index contributed by atoms with van der Waals surface area (Å²) in [6.45, 7) is 11.8. The van der Waals surface area contributed by atoms with Gasteiger partial charge in [-0.1, -0.05) is 27.7 Å². The average Bonchev–Trinajstić information content (AvgIpc) is 2.10. The topological polar surface area (TPSA) is 26.0 Å². The molecule has 0 aromatic heterocycles. The lowest BCUT2D eigenvalue weighted by Gasteiger charge is -2.45. The van der Waals surface area contributed by atoms with E-state index in [1.165, 1.54) is 25.7 Å². The zero-order valence-electron chi connectivity index (χ0n) is 11.9. The third-order valence-electron chi connectivity index (χ3n) is 4.89. The van der Waals surface area contributed by atoms with Crippen LogP contribution in [0.2, 0.25) is 0 Å². The summed E-state index contributed by atoms with van der Waals surface area (Å²) < 4.78 is 0. The Hall–Kier alpha value is -0.0400. The Morgan fingerprint density at radius 1 is 0.938 bits per heavy atom. The Balaban J connectivity index is 2.35. The van der Waals surface area contributed by atoms with Crippen LogP contribution in [0.25, 0.3) is 0 Å². The Kier molecular flexibility index (Phi) is 5.30. The lowest BCUT2D eigenvalue weighted by atomic mass is 9.60. The molecular weight excluding hydrogens is 194 g/mol. The quantitative estimate of drug-likeness (QED) is 0.724. The molecular formula is C15H31N. The second-order valence-corrected chi connectivity index (χ2v) is 6.54. The molecule has 1 aliphatic rings. The van der Waals surface area contributed by atoms with Crippen molar-refractivity contribution in [3.05, 3.63) is 0 Å². The third-order valence-corrected chi connectivity index (χ3v) is 4.89. The van der Waals surface area contributed by atoms with Gasteiger partial charge in [-0.15, -0.1) is 0 Å². The molecule has 96 valence electrons. The fraction of sp³-hybridized carbons (Fsp3) is 1.00. The first-order chi connectivity index (χ1) is 7.43. The fourth-order valence-electron chi connectivity index (χ4n) is 3.24. The van der Waals surface area contributed by atoms with Crippen molar-refractivity contribution in [1.82, 2.24) is 0 Å². The van der Waals surface area contributed by atoms with Crippen molar-refractivity contribution in [2.75, 3.05) is 0 Å². The van der Waals surface area contributed by atoms with Gasteiger partial charge in [-0.25, -0.2) is 0 Å². The van der Waals surface area contributed by atoms with Gasteiger partial charge in [0.2, 0.25) is 0 Å². The van der Waals surface area contributed by atoms with E-state index in [0.717, 1.165) is 29.6 Å². The van der Waals surface area contributed by atoms with E-state index in [9.17, 15) is 0 Å². The molecule has 1 heteroatoms. The van der Waals surface area contributed by atoms with Gasteiger partial charge in [-0.05, 0) is 62.2 Å². The summed E-state index contributed by atoms with van der Waals surface area (Å²) in [5.74, 6) is 4.59. The second-order valence-electron chi connectivity index (χ2n) is 6.54. The summed E-state index contributed by atoms with van der Waals surface area (Å²) in [5, 5.41) is 0. The summed E-state index contributed by atoms with van der Waals surface area (Å²) in [7, 11) is 0. The Morgan fingerprint density at radius 2 is 1.50 bits per heavy atom. The summed E-state index contributed by atoms with van der Waals surface area (Å²) >= 11 is 0. The molecule has 0 radical (unpaired) electrons. The molecule has 0 saturated heterocycles. The van der Waals surface area contributed by atoms with E-state index in [1.54, 1.807) is 0 Å². The van der Waals surface area contributed by atoms with Gasteiger partial charge in [-0.3, -0.25) is 0 Å². The lowest BCUT2D eigenvalue weighted by Crippen LogP contribution is -2.37. The largest absolute Gasteiger partial charge is 0.328 e. The highest BCUT2D eigenvalue weighted by Crippen LogP contribution is 2.46. The van der Waals surface area contributed by atoms with Crippen LogP contribution in [0.4, 0.5) is 0 Å². The monoisotopic (exact) mass is 225 g/mol. The molecule has 1 saturated carbocycles. The van der Waals surface area contributed by atoms with Crippen molar-refractivity contribution in [1.29, 1.82) is 0 Å². The van der Waals surface area contributed by atoms with Gasteiger partial charge < -0.3 is 5.73 Å². The highest BCUT2D eigenvalue weighted by molar-refractivity contribution is 4.87. The predicted molar refractivity (Wildman–Crippen MR) is 72.3 cm³/mol. The third kappa shape index (κ3) is 3.48. The van der Waals surface area contributed by atoms with Crippen LogP contribution in [0.15, 0.2) is 0 Å². The van der Waals surface area contributed by atoms with Gasteiger partial charge in [0, 0.05) is 6.04 Å². The highest BCUT2D eigenvalue weighted by atomic mass is 14.6. The molecule has 5 atom stereocenters. The molecule has 2 N–H and O–H groups in total. The average molecular weight is 225 g/mol. The molecule has 1 fully saturated rings. The molecule has 0 aromatic rings. The second kappa shape index (κ2) is 6.05. The van der Waals surface area contributed by atoms with E-state index >= 15 is 0 Å². The van der Waals surface area contributed by atoms with Crippen molar-refractivity contribution in [3.8, 4) is 0 Å². The minimum atomic E-state index is 0.372. The van der Waals surface area contributed by atoms with Gasteiger partial charge in [0.25, 0.3) is 0 Å². The zero-order chi connectivity index (χ0) is 12.3. The molecule has 1 rings (SSSR count). The van der Waals surface area contributed by atoms with Crippen LogP contribution in [0.3, 0.4) is 0 Å². The number of rotatable bonds is 6. The molecule has 0 aromatic carbocycles. The lowest BCUT2D eigenvalue weighted by molar-refractivity contribution is 0.0453. The first-order valence-electron chi connectivity index (χ1n) is 7.19. The van der Waals surface area contributed by atoms with Crippen LogP contribution < -0.4 is 5.73 Å². The summed E-state index contributed by atoms with van der Waals surface area (Å²) in [6, 6.07) is 0.372. The first kappa shape index (κ1) is 14.0. The van der Waals surface area contributed by atoms with Crippen molar-refractivity contribution in [2.24, 2.45) is 35.3 Å². The minimum Gasteiger partial charge on any atom is -0.328 e. The van der Waals surface area contributed by atoms with Crippen LogP contribution in [0.1, 0.15) is 60.3 Å². The van der Waals surface area contributed by atoms with Gasteiger partial charge in [0.05, 0.1) is 0 Å². The minimum absolute atomic E-state index is 0.372. The van der Waals surface area contributed by atoms with Crippen molar-refractivity contribution in [3.63, 3.8) is 0 Å². The molecule has 5 unspecified atom stereocenters. The molecule has 0 bridgehead atoms. The fourth-order valence-corrected chi connectivity index (χ4v) is 3.24. The Bertz CT molecular complexity index is 198. The standard InChI is InChI=1S/C15H31N/c1-10(2)14-8-9-15(14)13(5)11(3)6-7-12(4)16/h10-15H,6-9,16H2,1-5H3. The van der Waals surface area contributed by atoms with Crippen molar-refractivity contribution in [2.45, 2.75) is 66.3 Å². The van der Waals surface area contributed by atoms with Gasteiger partial charge >= 0.3 is 0 Å². The Morgan fingerprint density at radius 3 is 1.88 bits per heavy atom. The molecule has 0 spiro atoms. The molecule has 1 nitrogen and oxygen atoms in total. The Labute approximate surface area is 102 Å². The van der Waals surface area contributed by atoms with Crippen molar-refractivity contribution >= 4 is 0 Å². The van der Waals surface area contributed by atoms with Crippen LogP contribution in [-0.4, -0.2) is 6.04 Å². The molecule has 0 heterocycles. The van der Waals surface area contributed by atoms with E-state index < -0.39 is 0 Å². The SMILES string of the molecule is CC(N)CCC(C)C(C)C1CCC1C(C)C. The molecule has 0 aliphatic heterocycles. The predicted octanol–water partition coefficient (Wildman–Crippen LogP) is 4.07. The van der Waals surface area contributed by atoms with Gasteiger partial charge in [0.15, 0.2) is 0 Å². The summed E-state index contributed by atoms with van der Waals surface area (Å²) in [6.07, 6.45) is 5.42. The number of hydrogen-bond donors (Lipinski definition) is 1. The maximum atomic E-state index is 5.84. The first-order valence-corrected chi connectivity index (χ1v) is 7.19. The van der Waals surface area contributed by atoms with Gasteiger partial charge in [0.1, 0.15) is 0 Å². The van der Waals surface area contributed by atoms with E-state index in [-0.39, 0.29) is 0 Å². The van der Waals surface area contributed by atoms with Gasteiger partial charge in [-0.2, -0.15) is 0 Å². The zero-order valence-corrected chi connectivity index (χ0v) is 11.9. The van der Waals surface area contributed by atoms with Crippen molar-refractivity contribution < 1.29 is 0 Å². The highest BCUT2D eigenvalue weighted by Gasteiger charge is 2.38. The van der Waals surface area contributed by atoms with E-state index in [4.69, 9.17) is 5.73 Å². The van der Waals surface area contributed by atoms with Crippen LogP contribution in [0.5, 0.6) is 0 Å².